The highest BCUT2D eigenvalue weighted by Gasteiger charge is 2.37. The van der Waals surface area contributed by atoms with Gasteiger partial charge < -0.3 is 43.5 Å². The summed E-state index contributed by atoms with van der Waals surface area (Å²) >= 11 is 6.69. The summed E-state index contributed by atoms with van der Waals surface area (Å²) in [4.78, 5) is 67.7. The van der Waals surface area contributed by atoms with Crippen LogP contribution in [0.25, 0.3) is 0 Å². The van der Waals surface area contributed by atoms with Gasteiger partial charge in [-0.15, -0.1) is 0 Å². The van der Waals surface area contributed by atoms with Crippen molar-refractivity contribution in [3.63, 3.8) is 0 Å². The van der Waals surface area contributed by atoms with Crippen LogP contribution in [-0.4, -0.2) is 125 Å². The molecule has 404 valence electrons. The van der Waals surface area contributed by atoms with Crippen molar-refractivity contribution in [2.24, 2.45) is 15.0 Å². The number of aromatic hydroxyl groups is 1. The van der Waals surface area contributed by atoms with E-state index >= 15 is 0 Å². The molecule has 8 heterocycles. The minimum atomic E-state index is -0.0728. The molecule has 0 saturated carbocycles. The minimum absolute atomic E-state index is 0.00534. The summed E-state index contributed by atoms with van der Waals surface area (Å²) in [6, 6.07) is 21.4. The third-order valence-electron chi connectivity index (χ3n) is 14.2. The van der Waals surface area contributed by atoms with E-state index in [1.54, 1.807) is 55.7 Å². The van der Waals surface area contributed by atoms with Gasteiger partial charge in [-0.3, -0.25) is 39.3 Å². The van der Waals surface area contributed by atoms with Gasteiger partial charge in [0.2, 0.25) is 0 Å². The maximum Gasteiger partial charge on any atom is 0.257 e. The topological polar surface area (TPSA) is 190 Å². The molecule has 0 radical (unpaired) electrons. The van der Waals surface area contributed by atoms with Crippen molar-refractivity contribution in [2.45, 2.75) is 82.0 Å². The highest BCUT2D eigenvalue weighted by Crippen LogP contribution is 2.42. The van der Waals surface area contributed by atoms with Crippen molar-refractivity contribution >= 4 is 85.3 Å². The predicted octanol–water partition coefficient (Wildman–Crippen LogP) is 11.2. The molecular formula is C59H60Br2N8O9. The fraction of sp³-hybridized carbons (Fsp3) is 0.322. The summed E-state index contributed by atoms with van der Waals surface area (Å²) < 4.78 is 28.6. The number of carbonyl (C=O) groups is 3. The van der Waals surface area contributed by atoms with Gasteiger partial charge in [0.15, 0.2) is 34.5 Å². The second-order valence-corrected chi connectivity index (χ2v) is 20.1. The van der Waals surface area contributed by atoms with Gasteiger partial charge in [0, 0.05) is 67.1 Å². The van der Waals surface area contributed by atoms with Crippen LogP contribution in [0.1, 0.15) is 93.9 Å². The molecule has 0 bridgehead atoms. The van der Waals surface area contributed by atoms with Gasteiger partial charge in [0.25, 0.3) is 17.7 Å². The van der Waals surface area contributed by atoms with Crippen molar-refractivity contribution in [2.75, 3.05) is 41.0 Å². The standard InChI is InChI=1S/C37H37N5O6.C15H16N2O3.C7H7Br2N/c1-5-22-10-26-16-38-30-14-34(32(45-3)12-28(30)36(43)41(26)18-22)47-20-24-8-7-9-25(40-24)21-48-35-15-31-29(13-33(35)46-4)37(44)42-19-23(6-2)11-27(42)17-39-31;1-3-9-4-10-7-16-12-6-13(18)14(20-2)5-11(12)15(19)17(10)8-9;8-4-6-2-1-3-7(5-9)10-6/h5-9,12-17,26-27H,10-11,18-21H2,1-4H3;3,5-7,10,18H,4,8H2,1-2H3;1-3H,4-5H2/b22-5+,23-6+;9-3+;/t26-,27-;10-;/m00./s1. The number of amides is 3. The third kappa shape index (κ3) is 11.9. The number of aromatic nitrogens is 2. The second kappa shape index (κ2) is 24.8. The molecule has 3 fully saturated rings. The first-order valence-electron chi connectivity index (χ1n) is 25.5. The average Bonchev–Trinajstić information content (AvgIpc) is 4.27. The van der Waals surface area contributed by atoms with Crippen molar-refractivity contribution < 1.29 is 43.2 Å². The van der Waals surface area contributed by atoms with Crippen LogP contribution >= 0.6 is 31.9 Å². The zero-order chi connectivity index (χ0) is 55.0. The first-order chi connectivity index (χ1) is 37.9. The van der Waals surface area contributed by atoms with Crippen molar-refractivity contribution in [1.29, 1.82) is 0 Å². The number of allylic oxidation sites excluding steroid dienone is 3. The Bertz CT molecular complexity index is 3170. The number of aliphatic imine (C=N–C) groups is 3. The van der Waals surface area contributed by atoms with Gasteiger partial charge in [-0.1, -0.05) is 78.9 Å². The Morgan fingerprint density at radius 3 is 1.22 bits per heavy atom. The largest absolute Gasteiger partial charge is 0.504 e. The van der Waals surface area contributed by atoms with Crippen molar-refractivity contribution in [3.8, 4) is 34.5 Å². The number of nitrogens with zero attached hydrogens (tertiary/aromatic N) is 8. The van der Waals surface area contributed by atoms with Crippen LogP contribution in [0.5, 0.6) is 34.5 Å². The van der Waals surface area contributed by atoms with E-state index in [0.29, 0.717) is 87.8 Å². The smallest absolute Gasteiger partial charge is 0.257 e. The number of methoxy groups -OCH3 is 3. The molecule has 19 heteroatoms. The van der Waals surface area contributed by atoms with E-state index in [1.807, 2.05) is 85.5 Å². The molecule has 6 aliphatic rings. The van der Waals surface area contributed by atoms with E-state index in [-0.39, 0.29) is 60.6 Å². The summed E-state index contributed by atoms with van der Waals surface area (Å²) in [6.07, 6.45) is 14.0. The number of carbonyl (C=O) groups excluding carboxylic acids is 3. The van der Waals surface area contributed by atoms with Crippen LogP contribution in [0.2, 0.25) is 0 Å². The van der Waals surface area contributed by atoms with E-state index in [0.717, 1.165) is 41.3 Å². The SMILES string of the molecule is BrCc1cccc(CBr)n1.C/C=C1\C[C@H]2C=Nc3cc(O)c(OC)cc3C(=O)N2C1.C/C=C1\C[C@H]2C=Nc3cc(OCc4cccc(COc5cc6c(cc5OC)C(=O)N5C/C(=C/C)C[C@H]5C=N6)n4)c(OC)cc3C(=O)N2C1. The highest BCUT2D eigenvalue weighted by molar-refractivity contribution is 9.08. The minimum Gasteiger partial charge on any atom is -0.504 e. The Hall–Kier alpha value is -7.64. The number of fused-ring (bicyclic) bond motifs is 6. The molecule has 78 heavy (non-hydrogen) atoms. The number of hydrogen-bond donors (Lipinski definition) is 1. The van der Waals surface area contributed by atoms with E-state index in [2.05, 4.69) is 64.0 Å². The lowest BCUT2D eigenvalue weighted by atomic mass is 10.1. The molecule has 3 atom stereocenters. The normalized spacial score (nSPS) is 20.1. The van der Waals surface area contributed by atoms with Gasteiger partial charge in [0.05, 0.1) is 96.0 Å². The Morgan fingerprint density at radius 1 is 0.513 bits per heavy atom. The number of halogens is 2. The number of alkyl halides is 2. The van der Waals surface area contributed by atoms with Crippen LogP contribution in [0.15, 0.2) is 123 Å². The maximum atomic E-state index is 13.4. The molecule has 17 nitrogen and oxygen atoms in total. The molecule has 5 aromatic rings. The van der Waals surface area contributed by atoms with E-state index < -0.39 is 0 Å². The lowest BCUT2D eigenvalue weighted by Crippen LogP contribution is -2.35. The maximum absolute atomic E-state index is 13.4. The summed E-state index contributed by atoms with van der Waals surface area (Å²) in [6.45, 7) is 8.12. The average molecular weight is 1180 g/mol. The molecular weight excluding hydrogens is 1120 g/mol. The first kappa shape index (κ1) is 55.1. The van der Waals surface area contributed by atoms with Gasteiger partial charge in [0.1, 0.15) is 13.2 Å². The Morgan fingerprint density at radius 2 is 0.859 bits per heavy atom. The summed E-state index contributed by atoms with van der Waals surface area (Å²) in [5, 5.41) is 11.4. The summed E-state index contributed by atoms with van der Waals surface area (Å²) in [5.74, 6) is 1.88. The van der Waals surface area contributed by atoms with E-state index in [9.17, 15) is 19.5 Å². The zero-order valence-corrected chi connectivity index (χ0v) is 47.4. The lowest BCUT2D eigenvalue weighted by molar-refractivity contribution is 0.0769. The van der Waals surface area contributed by atoms with Gasteiger partial charge in [-0.2, -0.15) is 0 Å². The third-order valence-corrected chi connectivity index (χ3v) is 15.4. The van der Waals surface area contributed by atoms with Crippen LogP contribution in [0, 0.1) is 0 Å². The van der Waals surface area contributed by atoms with Gasteiger partial charge >= 0.3 is 0 Å². The Labute approximate surface area is 470 Å². The molecule has 3 amide bonds. The molecule has 0 aliphatic carbocycles. The summed E-state index contributed by atoms with van der Waals surface area (Å²) in [5.41, 5.74) is 10.2. The fourth-order valence-corrected chi connectivity index (χ4v) is 10.5. The second-order valence-electron chi connectivity index (χ2n) is 19.0. The first-order valence-corrected chi connectivity index (χ1v) is 27.7. The Balaban J connectivity index is 0.000000200. The number of rotatable bonds is 11. The lowest BCUT2D eigenvalue weighted by Gasteiger charge is -2.20. The predicted molar refractivity (Wildman–Crippen MR) is 307 cm³/mol. The number of benzene rings is 3. The molecule has 3 aromatic carbocycles. The number of phenolic OH excluding ortho intramolecular Hbond substituents is 1. The number of ether oxygens (including phenoxy) is 5. The molecule has 2 aromatic heterocycles. The number of pyridine rings is 2. The molecule has 6 aliphatic heterocycles. The van der Waals surface area contributed by atoms with Crippen LogP contribution in [0.3, 0.4) is 0 Å². The molecule has 0 spiro atoms. The van der Waals surface area contributed by atoms with Gasteiger partial charge in [-0.05, 0) is 82.5 Å². The summed E-state index contributed by atoms with van der Waals surface area (Å²) in [7, 11) is 4.56. The quantitative estimate of drug-likeness (QED) is 0.0978. The van der Waals surface area contributed by atoms with Gasteiger partial charge in [-0.25, -0.2) is 0 Å². The molecule has 0 unspecified atom stereocenters. The fourth-order valence-electron chi connectivity index (χ4n) is 9.87. The zero-order valence-electron chi connectivity index (χ0n) is 44.2. The Kier molecular flexibility index (Phi) is 17.5. The van der Waals surface area contributed by atoms with Crippen LogP contribution < -0.4 is 23.7 Å². The molecule has 3 saturated heterocycles. The van der Waals surface area contributed by atoms with Crippen molar-refractivity contribution in [1.82, 2.24) is 24.7 Å². The van der Waals surface area contributed by atoms with Crippen LogP contribution in [-0.2, 0) is 23.9 Å². The number of phenols is 1. The molecule has 1 N–H and O–H groups in total. The monoisotopic (exact) mass is 1180 g/mol. The van der Waals surface area contributed by atoms with E-state index in [4.69, 9.17) is 28.7 Å². The molecule has 11 rings (SSSR count). The number of hydrogen-bond acceptors (Lipinski definition) is 14. The van der Waals surface area contributed by atoms with Crippen molar-refractivity contribution in [3.05, 3.63) is 147 Å². The van der Waals surface area contributed by atoms with E-state index in [1.165, 1.54) is 29.9 Å². The van der Waals surface area contributed by atoms with Crippen LogP contribution in [0.4, 0.5) is 17.1 Å². The highest BCUT2D eigenvalue weighted by atomic mass is 79.9.